The van der Waals surface area contributed by atoms with Crippen LogP contribution in [0.3, 0.4) is 0 Å². The number of ether oxygens (including phenoxy) is 1. The van der Waals surface area contributed by atoms with Crippen LogP contribution >= 0.6 is 0 Å². The van der Waals surface area contributed by atoms with Crippen LogP contribution in [0.1, 0.15) is 33.1 Å². The lowest BCUT2D eigenvalue weighted by Gasteiger charge is -2.04. The summed E-state index contributed by atoms with van der Waals surface area (Å²) in [6.07, 6.45) is 1.75. The van der Waals surface area contributed by atoms with Gasteiger partial charge in [-0.2, -0.15) is 0 Å². The summed E-state index contributed by atoms with van der Waals surface area (Å²) in [5.41, 5.74) is 0. The summed E-state index contributed by atoms with van der Waals surface area (Å²) in [4.78, 5) is 10.9. The zero-order valence-corrected chi connectivity index (χ0v) is 7.84. The Morgan fingerprint density at radius 1 is 1.42 bits per heavy atom. The average molecular weight is 173 g/mol. The molecule has 12 heavy (non-hydrogen) atoms. The van der Waals surface area contributed by atoms with E-state index in [2.05, 4.69) is 13.8 Å². The van der Waals surface area contributed by atoms with Gasteiger partial charge in [-0.3, -0.25) is 4.79 Å². The molecule has 0 bridgehead atoms. The van der Waals surface area contributed by atoms with E-state index >= 15 is 0 Å². The van der Waals surface area contributed by atoms with Gasteiger partial charge >= 0.3 is 5.97 Å². The highest BCUT2D eigenvalue weighted by molar-refractivity contribution is 5.69. The van der Waals surface area contributed by atoms with Gasteiger partial charge in [-0.15, -0.1) is 0 Å². The van der Waals surface area contributed by atoms with E-state index in [4.69, 9.17) is 4.74 Å². The van der Waals surface area contributed by atoms with E-state index in [1.54, 1.807) is 0 Å². The number of hydrogen-bond acceptors (Lipinski definition) is 2. The van der Waals surface area contributed by atoms with Crippen LogP contribution in [0.25, 0.3) is 0 Å². The Labute approximate surface area is 73.7 Å². The van der Waals surface area contributed by atoms with E-state index in [1.165, 1.54) is 0 Å². The number of rotatable bonds is 6. The molecule has 0 saturated heterocycles. The molecule has 0 aromatic rings. The van der Waals surface area contributed by atoms with Crippen molar-refractivity contribution in [3.05, 3.63) is 0 Å². The maximum atomic E-state index is 10.9. The summed E-state index contributed by atoms with van der Waals surface area (Å²) in [6, 6.07) is 0. The second-order valence-corrected chi connectivity index (χ2v) is 3.21. The smallest absolute Gasteiger partial charge is 0.305 e. The minimum atomic E-state index is -0.183. The third kappa shape index (κ3) is 7.54. The zero-order chi connectivity index (χ0) is 9.40. The van der Waals surface area contributed by atoms with Gasteiger partial charge in [0.1, 0.15) is 0 Å². The first-order chi connectivity index (χ1) is 5.66. The minimum Gasteiger partial charge on any atom is -0.466 e. The van der Waals surface area contributed by atoms with E-state index in [-0.39, 0.29) is 19.2 Å². The lowest BCUT2D eigenvalue weighted by Crippen LogP contribution is -2.07. The molecule has 0 fully saturated rings. The standard InChI is InChI=1S/C9H17O3/c1-8(2)4-5-9(11)12-7-3-6-10/h8H,3-7H2,1-2H3. The van der Waals surface area contributed by atoms with Crippen molar-refractivity contribution in [3.8, 4) is 0 Å². The number of carbonyl (C=O) groups excluding carboxylic acids is 1. The number of esters is 1. The SMILES string of the molecule is CC(C)CCC(=O)OCCC[O]. The van der Waals surface area contributed by atoms with Crippen LogP contribution in [0, 0.1) is 5.92 Å². The first-order valence-corrected chi connectivity index (χ1v) is 4.40. The highest BCUT2D eigenvalue weighted by Crippen LogP contribution is 2.04. The van der Waals surface area contributed by atoms with Crippen molar-refractivity contribution in [1.29, 1.82) is 0 Å². The molecule has 0 amide bonds. The average Bonchev–Trinajstić information content (AvgIpc) is 2.01. The molecular weight excluding hydrogens is 156 g/mol. The van der Waals surface area contributed by atoms with Crippen LogP contribution in [-0.2, 0) is 14.6 Å². The summed E-state index contributed by atoms with van der Waals surface area (Å²) < 4.78 is 4.79. The monoisotopic (exact) mass is 173 g/mol. The van der Waals surface area contributed by atoms with E-state index < -0.39 is 0 Å². The molecule has 3 heteroatoms. The van der Waals surface area contributed by atoms with Crippen molar-refractivity contribution >= 4 is 5.97 Å². The van der Waals surface area contributed by atoms with Crippen molar-refractivity contribution in [2.45, 2.75) is 33.1 Å². The van der Waals surface area contributed by atoms with Gasteiger partial charge in [0, 0.05) is 12.8 Å². The lowest BCUT2D eigenvalue weighted by atomic mass is 10.1. The first-order valence-electron chi connectivity index (χ1n) is 4.40. The Morgan fingerprint density at radius 2 is 2.08 bits per heavy atom. The molecule has 0 heterocycles. The molecule has 0 atom stereocenters. The van der Waals surface area contributed by atoms with Crippen molar-refractivity contribution in [1.82, 2.24) is 0 Å². The fourth-order valence-corrected chi connectivity index (χ4v) is 0.724. The Bertz CT molecular complexity index is 121. The Hall–Kier alpha value is -0.570. The summed E-state index contributed by atoms with van der Waals surface area (Å²) in [6.45, 7) is 4.23. The molecule has 0 aromatic carbocycles. The molecule has 0 aliphatic heterocycles. The Morgan fingerprint density at radius 3 is 2.58 bits per heavy atom. The molecule has 0 spiro atoms. The minimum absolute atomic E-state index is 0.169. The molecule has 0 aliphatic rings. The Kier molecular flexibility index (Phi) is 6.76. The normalized spacial score (nSPS) is 10.3. The molecule has 0 rings (SSSR count). The molecule has 0 unspecified atom stereocenters. The summed E-state index contributed by atoms with van der Waals surface area (Å²) in [7, 11) is 0. The van der Waals surface area contributed by atoms with Crippen LogP contribution in [0.15, 0.2) is 0 Å². The molecule has 0 N–H and O–H groups in total. The number of carbonyl (C=O) groups is 1. The maximum Gasteiger partial charge on any atom is 0.305 e. The van der Waals surface area contributed by atoms with Crippen LogP contribution in [-0.4, -0.2) is 19.2 Å². The van der Waals surface area contributed by atoms with Crippen LogP contribution in [0.2, 0.25) is 0 Å². The molecule has 0 aliphatic carbocycles. The molecular formula is C9H17O3. The van der Waals surface area contributed by atoms with Gasteiger partial charge in [0.05, 0.1) is 13.2 Å². The van der Waals surface area contributed by atoms with Crippen LogP contribution in [0.5, 0.6) is 0 Å². The van der Waals surface area contributed by atoms with Gasteiger partial charge in [-0.25, -0.2) is 5.11 Å². The predicted molar refractivity (Wildman–Crippen MR) is 45.2 cm³/mol. The van der Waals surface area contributed by atoms with E-state index in [9.17, 15) is 9.90 Å². The van der Waals surface area contributed by atoms with Gasteiger partial charge in [-0.1, -0.05) is 13.8 Å². The van der Waals surface area contributed by atoms with Crippen molar-refractivity contribution < 1.29 is 14.6 Å². The van der Waals surface area contributed by atoms with Crippen LogP contribution in [0.4, 0.5) is 0 Å². The van der Waals surface area contributed by atoms with Gasteiger partial charge in [0.2, 0.25) is 0 Å². The van der Waals surface area contributed by atoms with E-state index in [0.29, 0.717) is 18.8 Å². The quantitative estimate of drug-likeness (QED) is 0.454. The van der Waals surface area contributed by atoms with Gasteiger partial charge in [-0.05, 0) is 12.3 Å². The van der Waals surface area contributed by atoms with Crippen LogP contribution < -0.4 is 0 Å². The Balaban J connectivity index is 3.22. The van der Waals surface area contributed by atoms with E-state index in [0.717, 1.165) is 6.42 Å². The molecule has 71 valence electrons. The predicted octanol–water partition coefficient (Wildman–Crippen LogP) is 1.79. The van der Waals surface area contributed by atoms with Crippen molar-refractivity contribution in [3.63, 3.8) is 0 Å². The van der Waals surface area contributed by atoms with Crippen molar-refractivity contribution in [2.75, 3.05) is 13.2 Å². The summed E-state index contributed by atoms with van der Waals surface area (Å²) >= 11 is 0. The van der Waals surface area contributed by atoms with Crippen molar-refractivity contribution in [2.24, 2.45) is 5.92 Å². The summed E-state index contributed by atoms with van der Waals surface area (Å²) in [5, 5.41) is 9.99. The third-order valence-electron chi connectivity index (χ3n) is 1.48. The fourth-order valence-electron chi connectivity index (χ4n) is 0.724. The molecule has 0 saturated carbocycles. The molecule has 3 nitrogen and oxygen atoms in total. The van der Waals surface area contributed by atoms with Gasteiger partial charge < -0.3 is 4.74 Å². The topological polar surface area (TPSA) is 46.2 Å². The first kappa shape index (κ1) is 11.4. The third-order valence-corrected chi connectivity index (χ3v) is 1.48. The number of hydrogen-bond donors (Lipinski definition) is 0. The van der Waals surface area contributed by atoms with Gasteiger partial charge in [0.25, 0.3) is 0 Å². The lowest BCUT2D eigenvalue weighted by molar-refractivity contribution is -0.144. The largest absolute Gasteiger partial charge is 0.466 e. The second kappa shape index (κ2) is 7.10. The maximum absolute atomic E-state index is 10.9. The highest BCUT2D eigenvalue weighted by Gasteiger charge is 2.03. The van der Waals surface area contributed by atoms with Gasteiger partial charge in [0.15, 0.2) is 0 Å². The second-order valence-electron chi connectivity index (χ2n) is 3.21. The zero-order valence-electron chi connectivity index (χ0n) is 7.84. The van der Waals surface area contributed by atoms with E-state index in [1.807, 2.05) is 0 Å². The molecule has 0 aromatic heterocycles. The molecule has 1 radical (unpaired) electrons. The highest BCUT2D eigenvalue weighted by atomic mass is 16.5. The summed E-state index contributed by atoms with van der Waals surface area (Å²) in [5.74, 6) is 0.342. The fraction of sp³-hybridized carbons (Fsp3) is 0.889.